The van der Waals surface area contributed by atoms with E-state index in [0.29, 0.717) is 5.75 Å². The van der Waals surface area contributed by atoms with Gasteiger partial charge in [0.2, 0.25) is 0 Å². The van der Waals surface area contributed by atoms with Crippen molar-refractivity contribution in [3.05, 3.63) is 59.4 Å². The Morgan fingerprint density at radius 2 is 2.06 bits per heavy atom. The molecular weight excluding hydrogens is 224 g/mol. The molecule has 0 aliphatic carbocycles. The van der Waals surface area contributed by atoms with Crippen LogP contribution in [-0.2, 0) is 6.54 Å². The number of aromatic nitrogens is 1. The van der Waals surface area contributed by atoms with Crippen molar-refractivity contribution in [3.63, 3.8) is 0 Å². The summed E-state index contributed by atoms with van der Waals surface area (Å²) in [6.07, 6.45) is 3.66. The number of benzene rings is 1. The quantitative estimate of drug-likeness (QED) is 0.866. The maximum absolute atomic E-state index is 9.78. The molecule has 0 spiro atoms. The van der Waals surface area contributed by atoms with Crippen LogP contribution in [0.3, 0.4) is 0 Å². The summed E-state index contributed by atoms with van der Waals surface area (Å²) in [5.41, 5.74) is 3.32. The fourth-order valence-corrected chi connectivity index (χ4v) is 1.93. The van der Waals surface area contributed by atoms with Gasteiger partial charge < -0.3 is 10.4 Å². The van der Waals surface area contributed by atoms with Crippen molar-refractivity contribution >= 4 is 0 Å². The highest BCUT2D eigenvalue weighted by atomic mass is 16.3. The highest BCUT2D eigenvalue weighted by molar-refractivity contribution is 5.34. The Bertz CT molecular complexity index is 525. The van der Waals surface area contributed by atoms with Gasteiger partial charge in [-0.2, -0.15) is 0 Å². The van der Waals surface area contributed by atoms with Crippen molar-refractivity contribution < 1.29 is 5.11 Å². The minimum Gasteiger partial charge on any atom is -0.508 e. The van der Waals surface area contributed by atoms with E-state index in [4.69, 9.17) is 0 Å². The predicted octanol–water partition coefficient (Wildman–Crippen LogP) is 2.95. The smallest absolute Gasteiger partial charge is 0.120 e. The van der Waals surface area contributed by atoms with Crippen molar-refractivity contribution in [1.29, 1.82) is 0 Å². The lowest BCUT2D eigenvalue weighted by atomic mass is 10.1. The van der Waals surface area contributed by atoms with Gasteiger partial charge in [0.15, 0.2) is 0 Å². The van der Waals surface area contributed by atoms with Gasteiger partial charge >= 0.3 is 0 Å². The van der Waals surface area contributed by atoms with Gasteiger partial charge in [0.25, 0.3) is 0 Å². The Hall–Kier alpha value is -1.87. The molecule has 0 bridgehead atoms. The van der Waals surface area contributed by atoms with Crippen molar-refractivity contribution in [2.24, 2.45) is 0 Å². The monoisotopic (exact) mass is 242 g/mol. The van der Waals surface area contributed by atoms with E-state index in [0.717, 1.165) is 12.1 Å². The molecule has 3 nitrogen and oxygen atoms in total. The molecule has 0 saturated carbocycles. The summed E-state index contributed by atoms with van der Waals surface area (Å²) >= 11 is 0. The Labute approximate surface area is 108 Å². The fourth-order valence-electron chi connectivity index (χ4n) is 1.93. The number of hydrogen-bond acceptors (Lipinski definition) is 3. The van der Waals surface area contributed by atoms with E-state index in [1.165, 1.54) is 11.1 Å². The molecule has 1 heterocycles. The lowest BCUT2D eigenvalue weighted by Gasteiger charge is -2.16. The molecule has 0 fully saturated rings. The standard InChI is InChI=1S/C15H18N2O/c1-11-9-16-8-7-13(11)10-17-12(2)14-5-3-4-6-15(14)18/h3-9,12,17-18H,10H2,1-2H3. The number of phenolic OH excluding ortho intramolecular Hbond substituents is 1. The van der Waals surface area contributed by atoms with Crippen LogP contribution in [0.25, 0.3) is 0 Å². The molecule has 0 saturated heterocycles. The van der Waals surface area contributed by atoms with Gasteiger partial charge in [-0.1, -0.05) is 18.2 Å². The summed E-state index contributed by atoms with van der Waals surface area (Å²) in [7, 11) is 0. The fraction of sp³-hybridized carbons (Fsp3) is 0.267. The topological polar surface area (TPSA) is 45.2 Å². The number of phenols is 1. The van der Waals surface area contributed by atoms with Crippen molar-refractivity contribution in [2.45, 2.75) is 26.4 Å². The molecule has 2 N–H and O–H groups in total. The summed E-state index contributed by atoms with van der Waals surface area (Å²) in [6, 6.07) is 9.54. The van der Waals surface area contributed by atoms with E-state index >= 15 is 0 Å². The Balaban J connectivity index is 2.03. The minimum absolute atomic E-state index is 0.110. The first kappa shape index (κ1) is 12.6. The SMILES string of the molecule is Cc1cnccc1CNC(C)c1ccccc1O. The maximum Gasteiger partial charge on any atom is 0.120 e. The van der Waals surface area contributed by atoms with Crippen LogP contribution >= 0.6 is 0 Å². The summed E-state index contributed by atoms with van der Waals surface area (Å²) in [4.78, 5) is 4.08. The Kier molecular flexibility index (Phi) is 3.95. The first-order valence-electron chi connectivity index (χ1n) is 6.09. The molecule has 1 aromatic carbocycles. The van der Waals surface area contributed by atoms with Gasteiger partial charge in [-0.15, -0.1) is 0 Å². The summed E-state index contributed by atoms with van der Waals surface area (Å²) < 4.78 is 0. The molecule has 94 valence electrons. The van der Waals surface area contributed by atoms with Gasteiger partial charge in [0, 0.05) is 30.5 Å². The number of rotatable bonds is 4. The number of nitrogens with zero attached hydrogens (tertiary/aromatic N) is 1. The predicted molar refractivity (Wildman–Crippen MR) is 72.3 cm³/mol. The molecule has 2 aromatic rings. The van der Waals surface area contributed by atoms with E-state index in [1.54, 1.807) is 12.3 Å². The molecule has 1 atom stereocenters. The van der Waals surface area contributed by atoms with E-state index in [1.807, 2.05) is 37.4 Å². The van der Waals surface area contributed by atoms with E-state index < -0.39 is 0 Å². The van der Waals surface area contributed by atoms with Crippen LogP contribution in [0.15, 0.2) is 42.7 Å². The summed E-state index contributed by atoms with van der Waals surface area (Å²) in [5, 5.41) is 13.2. The largest absolute Gasteiger partial charge is 0.508 e. The highest BCUT2D eigenvalue weighted by Gasteiger charge is 2.09. The minimum atomic E-state index is 0.110. The lowest BCUT2D eigenvalue weighted by molar-refractivity contribution is 0.452. The number of aryl methyl sites for hydroxylation is 1. The van der Waals surface area contributed by atoms with Crippen LogP contribution in [0.1, 0.15) is 29.7 Å². The second kappa shape index (κ2) is 5.65. The molecule has 2 rings (SSSR count). The van der Waals surface area contributed by atoms with Crippen molar-refractivity contribution in [2.75, 3.05) is 0 Å². The van der Waals surface area contributed by atoms with Crippen LogP contribution in [0.4, 0.5) is 0 Å². The van der Waals surface area contributed by atoms with Crippen molar-refractivity contribution in [3.8, 4) is 5.75 Å². The normalized spacial score (nSPS) is 12.3. The number of pyridine rings is 1. The molecule has 18 heavy (non-hydrogen) atoms. The molecular formula is C15H18N2O. The van der Waals surface area contributed by atoms with Crippen LogP contribution < -0.4 is 5.32 Å². The summed E-state index contributed by atoms with van der Waals surface area (Å²) in [6.45, 7) is 4.87. The average molecular weight is 242 g/mol. The lowest BCUT2D eigenvalue weighted by Crippen LogP contribution is -2.18. The zero-order chi connectivity index (χ0) is 13.0. The number of nitrogens with one attached hydrogen (secondary N) is 1. The Morgan fingerprint density at radius 3 is 2.78 bits per heavy atom. The zero-order valence-electron chi connectivity index (χ0n) is 10.7. The summed E-state index contributed by atoms with van der Waals surface area (Å²) in [5.74, 6) is 0.337. The molecule has 0 aliphatic rings. The van der Waals surface area contributed by atoms with Crippen LogP contribution in [-0.4, -0.2) is 10.1 Å². The van der Waals surface area contributed by atoms with Crippen LogP contribution in [0.5, 0.6) is 5.75 Å². The maximum atomic E-state index is 9.78. The third-order valence-electron chi connectivity index (χ3n) is 3.14. The molecule has 1 unspecified atom stereocenters. The first-order valence-corrected chi connectivity index (χ1v) is 6.09. The highest BCUT2D eigenvalue weighted by Crippen LogP contribution is 2.23. The number of hydrogen-bond donors (Lipinski definition) is 2. The number of para-hydroxylation sites is 1. The molecule has 0 aliphatic heterocycles. The molecule has 3 heteroatoms. The van der Waals surface area contributed by atoms with Gasteiger partial charge in [-0.05, 0) is 37.1 Å². The second-order valence-corrected chi connectivity index (χ2v) is 4.46. The van der Waals surface area contributed by atoms with Crippen LogP contribution in [0, 0.1) is 6.92 Å². The van der Waals surface area contributed by atoms with Gasteiger partial charge in [-0.25, -0.2) is 0 Å². The second-order valence-electron chi connectivity index (χ2n) is 4.46. The van der Waals surface area contributed by atoms with Crippen molar-refractivity contribution in [1.82, 2.24) is 10.3 Å². The van der Waals surface area contributed by atoms with E-state index in [-0.39, 0.29) is 6.04 Å². The van der Waals surface area contributed by atoms with Gasteiger partial charge in [0.05, 0.1) is 0 Å². The van der Waals surface area contributed by atoms with E-state index in [2.05, 4.69) is 17.2 Å². The first-order chi connectivity index (χ1) is 8.68. The van der Waals surface area contributed by atoms with E-state index in [9.17, 15) is 5.11 Å². The van der Waals surface area contributed by atoms with Gasteiger partial charge in [0.1, 0.15) is 5.75 Å². The third kappa shape index (κ3) is 2.87. The third-order valence-corrected chi connectivity index (χ3v) is 3.14. The van der Waals surface area contributed by atoms with Crippen LogP contribution in [0.2, 0.25) is 0 Å². The van der Waals surface area contributed by atoms with Gasteiger partial charge in [-0.3, -0.25) is 4.98 Å². The average Bonchev–Trinajstić information content (AvgIpc) is 2.38. The molecule has 1 aromatic heterocycles. The number of aromatic hydroxyl groups is 1. The zero-order valence-corrected chi connectivity index (χ0v) is 10.7. The molecule has 0 radical (unpaired) electrons. The molecule has 0 amide bonds. The Morgan fingerprint density at radius 1 is 1.28 bits per heavy atom.